The molecule has 0 spiro atoms. The third-order valence-electron chi connectivity index (χ3n) is 4.20. The maximum atomic E-state index is 12.6. The summed E-state index contributed by atoms with van der Waals surface area (Å²) < 4.78 is 0. The van der Waals surface area contributed by atoms with E-state index in [-0.39, 0.29) is 11.6 Å². The minimum atomic E-state index is -0.00474. The quantitative estimate of drug-likeness (QED) is 0.599. The van der Waals surface area contributed by atoms with Gasteiger partial charge in [-0.25, -0.2) is 0 Å². The molecule has 5 heteroatoms. The fraction of sp³-hybridized carbons (Fsp3) is 0.368. The van der Waals surface area contributed by atoms with Crippen LogP contribution in [0.2, 0.25) is 0 Å². The van der Waals surface area contributed by atoms with Crippen molar-refractivity contribution in [3.8, 4) is 0 Å². The lowest BCUT2D eigenvalue weighted by Crippen LogP contribution is -3.08. The van der Waals surface area contributed by atoms with Gasteiger partial charge in [-0.3, -0.25) is 9.59 Å². The summed E-state index contributed by atoms with van der Waals surface area (Å²) in [6.45, 7) is 6.39. The number of Topliss-reactive ketones (excluding diaryl/α,β-unsaturated/α-hetero) is 2. The highest BCUT2D eigenvalue weighted by Gasteiger charge is 2.22. The van der Waals surface area contributed by atoms with E-state index in [4.69, 9.17) is 0 Å². The van der Waals surface area contributed by atoms with Gasteiger partial charge in [0.1, 0.15) is 13.1 Å². The summed E-state index contributed by atoms with van der Waals surface area (Å²) in [7, 11) is 2.01. The molecular formula is C19H25N2O2S+. The van der Waals surface area contributed by atoms with Gasteiger partial charge in [-0.1, -0.05) is 12.1 Å². The zero-order valence-corrected chi connectivity index (χ0v) is 15.8. The first-order chi connectivity index (χ1) is 11.3. The molecule has 1 atom stereocenters. The van der Waals surface area contributed by atoms with Crippen molar-refractivity contribution in [2.24, 2.45) is 0 Å². The van der Waals surface area contributed by atoms with E-state index in [9.17, 15) is 9.59 Å². The molecule has 0 bridgehead atoms. The van der Waals surface area contributed by atoms with Crippen LogP contribution in [-0.4, -0.2) is 36.4 Å². The number of likely N-dealkylation sites (N-methyl/N-ethyl adjacent to an activating group) is 1. The Kier molecular flexibility index (Phi) is 6.02. The lowest BCUT2D eigenvalue weighted by molar-refractivity contribution is -0.884. The number of carbonyl (C=O) groups excluding carboxylic acids is 2. The second-order valence-electron chi connectivity index (χ2n) is 6.26. The van der Waals surface area contributed by atoms with Gasteiger partial charge in [0.2, 0.25) is 5.78 Å². The zero-order chi connectivity index (χ0) is 17.9. The van der Waals surface area contributed by atoms with Gasteiger partial charge in [0.05, 0.1) is 12.7 Å². The maximum Gasteiger partial charge on any atom is 0.233 e. The highest BCUT2D eigenvalue weighted by Crippen LogP contribution is 2.18. The zero-order valence-electron chi connectivity index (χ0n) is 14.9. The van der Waals surface area contributed by atoms with E-state index in [1.165, 1.54) is 17.4 Å². The summed E-state index contributed by atoms with van der Waals surface area (Å²) in [4.78, 5) is 29.7. The molecule has 24 heavy (non-hydrogen) atoms. The molecule has 0 saturated heterocycles. The second kappa shape index (κ2) is 7.81. The number of nitrogens with one attached hydrogen (secondary N) is 2. The highest BCUT2D eigenvalue weighted by atomic mass is 32.2. The van der Waals surface area contributed by atoms with Crippen molar-refractivity contribution < 1.29 is 14.5 Å². The Morgan fingerprint density at radius 2 is 1.79 bits per heavy atom. The van der Waals surface area contributed by atoms with Crippen LogP contribution < -0.4 is 4.90 Å². The second-order valence-corrected chi connectivity index (χ2v) is 7.14. The van der Waals surface area contributed by atoms with Crippen molar-refractivity contribution in [3.05, 3.63) is 52.3 Å². The number of hydrogen-bond donors (Lipinski definition) is 2. The van der Waals surface area contributed by atoms with Gasteiger partial charge in [-0.05, 0) is 44.7 Å². The molecular weight excluding hydrogens is 320 g/mol. The largest absolute Gasteiger partial charge is 0.355 e. The fourth-order valence-corrected chi connectivity index (χ4v) is 3.48. The molecule has 0 fully saturated rings. The molecule has 0 aliphatic carbocycles. The van der Waals surface area contributed by atoms with E-state index < -0.39 is 0 Å². The molecule has 0 aliphatic heterocycles. The van der Waals surface area contributed by atoms with Crippen molar-refractivity contribution in [1.82, 2.24) is 4.98 Å². The van der Waals surface area contributed by atoms with E-state index in [1.807, 2.05) is 20.9 Å². The number of hydrogen-bond acceptors (Lipinski definition) is 3. The molecule has 0 saturated carbocycles. The molecule has 1 heterocycles. The van der Waals surface area contributed by atoms with Crippen LogP contribution in [-0.2, 0) is 6.54 Å². The van der Waals surface area contributed by atoms with Crippen LogP contribution in [0, 0.1) is 13.8 Å². The van der Waals surface area contributed by atoms with Crippen molar-refractivity contribution in [2.75, 3.05) is 19.8 Å². The minimum absolute atomic E-state index is 0.00474. The van der Waals surface area contributed by atoms with E-state index in [2.05, 4.69) is 35.5 Å². The Labute approximate surface area is 147 Å². The third-order valence-corrected chi connectivity index (χ3v) is 4.94. The lowest BCUT2D eigenvalue weighted by Gasteiger charge is -2.13. The van der Waals surface area contributed by atoms with Crippen molar-refractivity contribution in [1.29, 1.82) is 0 Å². The van der Waals surface area contributed by atoms with Crippen LogP contribution >= 0.6 is 11.8 Å². The number of quaternary nitrogens is 1. The van der Waals surface area contributed by atoms with E-state index >= 15 is 0 Å². The van der Waals surface area contributed by atoms with Gasteiger partial charge in [0.25, 0.3) is 0 Å². The smallest absolute Gasteiger partial charge is 0.233 e. The highest BCUT2D eigenvalue weighted by molar-refractivity contribution is 7.98. The topological polar surface area (TPSA) is 54.4 Å². The normalized spacial score (nSPS) is 12.2. The van der Waals surface area contributed by atoms with E-state index in [1.54, 1.807) is 11.8 Å². The van der Waals surface area contributed by atoms with Gasteiger partial charge in [-0.15, -0.1) is 11.8 Å². The number of carbonyl (C=O) groups is 2. The molecule has 1 unspecified atom stereocenters. The number of aromatic amines is 1. The first-order valence-electron chi connectivity index (χ1n) is 8.01. The maximum absolute atomic E-state index is 12.6. The summed E-state index contributed by atoms with van der Waals surface area (Å²) in [6, 6.07) is 8.43. The van der Waals surface area contributed by atoms with Gasteiger partial charge in [0, 0.05) is 21.7 Å². The number of aryl methyl sites for hydroxylation is 1. The summed E-state index contributed by atoms with van der Waals surface area (Å²) >= 11 is 1.72. The van der Waals surface area contributed by atoms with E-state index in [0.29, 0.717) is 17.8 Å². The summed E-state index contributed by atoms with van der Waals surface area (Å²) in [5.74, 6) is 0.0382. The number of ketones is 2. The molecule has 1 aromatic carbocycles. The van der Waals surface area contributed by atoms with Crippen molar-refractivity contribution in [3.63, 3.8) is 0 Å². The third kappa shape index (κ3) is 4.16. The molecule has 1 aromatic heterocycles. The number of thioether (sulfide) groups is 1. The Morgan fingerprint density at radius 3 is 2.29 bits per heavy atom. The number of H-pyrrole nitrogens is 1. The van der Waals surface area contributed by atoms with Gasteiger partial charge < -0.3 is 9.88 Å². The summed E-state index contributed by atoms with van der Waals surface area (Å²) in [6.07, 6.45) is 2.06. The van der Waals surface area contributed by atoms with Crippen molar-refractivity contribution >= 4 is 23.3 Å². The SMILES string of the molecule is CSc1ccc(C[NH+](C)CC(=O)c2[nH]c(C)c(C(C)=O)c2C)cc1. The molecule has 128 valence electrons. The van der Waals surface area contributed by atoms with E-state index in [0.717, 1.165) is 22.7 Å². The van der Waals surface area contributed by atoms with Crippen LogP contribution in [0.3, 0.4) is 0 Å². The van der Waals surface area contributed by atoms with Crippen LogP contribution in [0.5, 0.6) is 0 Å². The number of benzene rings is 1. The molecule has 0 radical (unpaired) electrons. The Bertz CT molecular complexity index is 747. The Hall–Kier alpha value is -1.85. The minimum Gasteiger partial charge on any atom is -0.355 e. The first-order valence-corrected chi connectivity index (χ1v) is 9.23. The first kappa shape index (κ1) is 18.5. The summed E-state index contributed by atoms with van der Waals surface area (Å²) in [5, 5.41) is 0. The number of rotatable bonds is 7. The number of aromatic nitrogens is 1. The summed E-state index contributed by atoms with van der Waals surface area (Å²) in [5.41, 5.74) is 3.95. The molecule has 2 aromatic rings. The Balaban J connectivity index is 2.06. The van der Waals surface area contributed by atoms with Crippen LogP contribution in [0.4, 0.5) is 0 Å². The van der Waals surface area contributed by atoms with Crippen LogP contribution in [0.25, 0.3) is 0 Å². The molecule has 2 N–H and O–H groups in total. The van der Waals surface area contributed by atoms with Gasteiger partial charge in [0.15, 0.2) is 5.78 Å². The monoisotopic (exact) mass is 345 g/mol. The predicted molar refractivity (Wildman–Crippen MR) is 98.3 cm³/mol. The molecule has 0 aliphatic rings. The Morgan fingerprint density at radius 1 is 1.17 bits per heavy atom. The van der Waals surface area contributed by atoms with Gasteiger partial charge >= 0.3 is 0 Å². The molecule has 4 nitrogen and oxygen atoms in total. The molecule has 0 amide bonds. The van der Waals surface area contributed by atoms with Crippen LogP contribution in [0.15, 0.2) is 29.2 Å². The fourth-order valence-electron chi connectivity index (χ4n) is 3.07. The van der Waals surface area contributed by atoms with Crippen molar-refractivity contribution in [2.45, 2.75) is 32.2 Å². The standard InChI is InChI=1S/C19H24N2O2S/c1-12-18(14(3)22)13(2)20-19(12)17(23)11-21(4)10-15-6-8-16(24-5)9-7-15/h6-9,20H,10-11H2,1-5H3/p+1. The molecule has 2 rings (SSSR count). The average molecular weight is 345 g/mol. The predicted octanol–water partition coefficient (Wildman–Crippen LogP) is 2.45. The van der Waals surface area contributed by atoms with Crippen LogP contribution in [0.1, 0.15) is 44.6 Å². The lowest BCUT2D eigenvalue weighted by atomic mass is 10.1. The van der Waals surface area contributed by atoms with Gasteiger partial charge in [-0.2, -0.15) is 0 Å². The average Bonchev–Trinajstić information content (AvgIpc) is 2.82.